The van der Waals surface area contributed by atoms with Crippen molar-refractivity contribution in [3.05, 3.63) is 12.2 Å². The zero-order chi connectivity index (χ0) is 12.0. The smallest absolute Gasteiger partial charge is 0.321 e. The molecule has 3 amide bonds. The van der Waals surface area contributed by atoms with E-state index in [-0.39, 0.29) is 0 Å². The maximum absolute atomic E-state index is 11.3. The van der Waals surface area contributed by atoms with E-state index in [9.17, 15) is 9.59 Å². The van der Waals surface area contributed by atoms with Crippen molar-refractivity contribution in [2.24, 2.45) is 5.92 Å². The summed E-state index contributed by atoms with van der Waals surface area (Å²) in [5, 5.41) is 4.16. The molecule has 0 fully saturated rings. The molecule has 2 atom stereocenters. The number of carbonyl (C=O) groups excluding carboxylic acids is 2. The monoisotopic (exact) mass is 244 g/mol. The lowest BCUT2D eigenvalue weighted by Crippen LogP contribution is -2.43. The van der Waals surface area contributed by atoms with Gasteiger partial charge in [0.2, 0.25) is 5.91 Å². The van der Waals surface area contributed by atoms with E-state index in [1.807, 2.05) is 0 Å². The van der Waals surface area contributed by atoms with Crippen LogP contribution in [0, 0.1) is 5.92 Å². The topological polar surface area (TPSA) is 58.2 Å². The third-order valence-corrected chi connectivity index (χ3v) is 2.73. The molecule has 4 nitrogen and oxygen atoms in total. The van der Waals surface area contributed by atoms with E-state index < -0.39 is 17.3 Å². The number of allylic oxidation sites excluding steroid dienone is 2. The molecule has 0 heterocycles. The van der Waals surface area contributed by atoms with Crippen LogP contribution < -0.4 is 10.6 Å². The standard InChI is InChI=1S/C11H17ClN2O2/c1-8(12)10(15)14-11(16)13-7-9-5-3-2-4-6-9/h2-3,8-9H,4-7H2,1H3,(H2,13,14,15,16). The number of hydrogen-bond donors (Lipinski definition) is 2. The summed E-state index contributed by atoms with van der Waals surface area (Å²) in [6.45, 7) is 2.12. The first kappa shape index (κ1) is 13.0. The van der Waals surface area contributed by atoms with Gasteiger partial charge in [0.05, 0.1) is 0 Å². The van der Waals surface area contributed by atoms with Crippen LogP contribution in [-0.4, -0.2) is 23.9 Å². The Bertz CT molecular complexity index is 290. The molecule has 16 heavy (non-hydrogen) atoms. The molecular weight excluding hydrogens is 228 g/mol. The second-order valence-corrected chi connectivity index (χ2v) is 4.62. The van der Waals surface area contributed by atoms with Crippen LogP contribution in [0.25, 0.3) is 0 Å². The highest BCUT2D eigenvalue weighted by Crippen LogP contribution is 2.16. The summed E-state index contributed by atoms with van der Waals surface area (Å²) in [6.07, 6.45) is 7.40. The van der Waals surface area contributed by atoms with Gasteiger partial charge in [-0.25, -0.2) is 4.79 Å². The normalized spacial score (nSPS) is 21.2. The number of amides is 3. The fourth-order valence-electron chi connectivity index (χ4n) is 1.53. The molecule has 0 aliphatic heterocycles. The molecule has 1 aliphatic carbocycles. The van der Waals surface area contributed by atoms with Gasteiger partial charge in [0.25, 0.3) is 0 Å². The fourth-order valence-corrected chi connectivity index (χ4v) is 1.59. The molecular formula is C11H17ClN2O2. The minimum Gasteiger partial charge on any atom is -0.338 e. The first-order valence-electron chi connectivity index (χ1n) is 5.47. The third kappa shape index (κ3) is 4.66. The van der Waals surface area contributed by atoms with Crippen LogP contribution >= 0.6 is 11.6 Å². The van der Waals surface area contributed by atoms with Crippen LogP contribution in [0.5, 0.6) is 0 Å². The summed E-state index contributed by atoms with van der Waals surface area (Å²) in [5.41, 5.74) is 0. The Morgan fingerprint density at radius 3 is 2.81 bits per heavy atom. The quantitative estimate of drug-likeness (QED) is 0.588. The number of nitrogens with one attached hydrogen (secondary N) is 2. The van der Waals surface area contributed by atoms with Gasteiger partial charge in [-0.05, 0) is 32.1 Å². The Kier molecular flexibility index (Phi) is 5.32. The Labute approximate surface area is 100 Å². The zero-order valence-corrected chi connectivity index (χ0v) is 10.1. The molecule has 0 radical (unpaired) electrons. The summed E-state index contributed by atoms with van der Waals surface area (Å²) in [4.78, 5) is 22.4. The molecule has 0 saturated carbocycles. The lowest BCUT2D eigenvalue weighted by molar-refractivity contribution is -0.119. The Morgan fingerprint density at radius 1 is 1.50 bits per heavy atom. The van der Waals surface area contributed by atoms with Crippen molar-refractivity contribution in [2.45, 2.75) is 31.6 Å². The van der Waals surface area contributed by atoms with Gasteiger partial charge in [0.1, 0.15) is 5.38 Å². The second-order valence-electron chi connectivity index (χ2n) is 3.97. The number of urea groups is 1. The number of halogens is 1. The van der Waals surface area contributed by atoms with Crippen LogP contribution in [0.15, 0.2) is 12.2 Å². The summed E-state index contributed by atoms with van der Waals surface area (Å²) < 4.78 is 0. The van der Waals surface area contributed by atoms with Gasteiger partial charge in [0.15, 0.2) is 0 Å². The van der Waals surface area contributed by atoms with Gasteiger partial charge in [-0.1, -0.05) is 12.2 Å². The maximum Gasteiger partial charge on any atom is 0.321 e. The van der Waals surface area contributed by atoms with E-state index in [1.54, 1.807) is 0 Å². The van der Waals surface area contributed by atoms with Crippen LogP contribution in [0.4, 0.5) is 4.79 Å². The third-order valence-electron chi connectivity index (χ3n) is 2.53. The molecule has 0 aromatic rings. The van der Waals surface area contributed by atoms with Gasteiger partial charge in [-0.3, -0.25) is 10.1 Å². The highest BCUT2D eigenvalue weighted by atomic mass is 35.5. The van der Waals surface area contributed by atoms with Gasteiger partial charge < -0.3 is 5.32 Å². The molecule has 1 aliphatic rings. The van der Waals surface area contributed by atoms with Gasteiger partial charge >= 0.3 is 6.03 Å². The Morgan fingerprint density at radius 2 is 2.25 bits per heavy atom. The van der Waals surface area contributed by atoms with Crippen molar-refractivity contribution in [3.63, 3.8) is 0 Å². The largest absolute Gasteiger partial charge is 0.338 e. The van der Waals surface area contributed by atoms with E-state index in [0.29, 0.717) is 12.5 Å². The van der Waals surface area contributed by atoms with Gasteiger partial charge in [-0.15, -0.1) is 11.6 Å². The zero-order valence-electron chi connectivity index (χ0n) is 9.33. The number of rotatable bonds is 3. The highest BCUT2D eigenvalue weighted by molar-refractivity contribution is 6.31. The van der Waals surface area contributed by atoms with Crippen LogP contribution in [0.3, 0.4) is 0 Å². The molecule has 2 N–H and O–H groups in total. The number of carbonyl (C=O) groups is 2. The molecule has 90 valence electrons. The highest BCUT2D eigenvalue weighted by Gasteiger charge is 2.14. The molecule has 0 saturated heterocycles. The number of imide groups is 1. The summed E-state index contributed by atoms with van der Waals surface area (Å²) in [7, 11) is 0. The van der Waals surface area contributed by atoms with E-state index in [0.717, 1.165) is 19.3 Å². The molecule has 0 spiro atoms. The Balaban J connectivity index is 2.19. The minimum atomic E-state index is -0.691. The van der Waals surface area contributed by atoms with Crippen LogP contribution in [0.1, 0.15) is 26.2 Å². The van der Waals surface area contributed by atoms with Crippen LogP contribution in [-0.2, 0) is 4.79 Å². The van der Waals surface area contributed by atoms with E-state index >= 15 is 0 Å². The summed E-state index contributed by atoms with van der Waals surface area (Å²) >= 11 is 5.52. The first-order valence-corrected chi connectivity index (χ1v) is 5.91. The molecule has 1 rings (SSSR count). The molecule has 0 aromatic heterocycles. The van der Waals surface area contributed by atoms with Crippen molar-refractivity contribution in [2.75, 3.05) is 6.54 Å². The molecule has 0 aromatic carbocycles. The predicted octanol–water partition coefficient (Wildman–Crippen LogP) is 1.80. The van der Waals surface area contributed by atoms with Crippen molar-refractivity contribution in [1.29, 1.82) is 0 Å². The van der Waals surface area contributed by atoms with Crippen molar-refractivity contribution in [1.82, 2.24) is 10.6 Å². The fraction of sp³-hybridized carbons (Fsp3) is 0.636. The van der Waals surface area contributed by atoms with Crippen molar-refractivity contribution in [3.8, 4) is 0 Å². The van der Waals surface area contributed by atoms with Crippen molar-refractivity contribution >= 4 is 23.5 Å². The minimum absolute atomic E-state index is 0.466. The van der Waals surface area contributed by atoms with E-state index in [1.165, 1.54) is 6.92 Å². The van der Waals surface area contributed by atoms with Gasteiger partial charge in [-0.2, -0.15) is 0 Å². The number of alkyl halides is 1. The van der Waals surface area contributed by atoms with Gasteiger partial charge in [0, 0.05) is 6.54 Å². The molecule has 5 heteroatoms. The van der Waals surface area contributed by atoms with Crippen molar-refractivity contribution < 1.29 is 9.59 Å². The second kappa shape index (κ2) is 6.53. The SMILES string of the molecule is CC(Cl)C(=O)NC(=O)NCC1CC=CCC1. The maximum atomic E-state index is 11.3. The Hall–Kier alpha value is -1.03. The average molecular weight is 245 g/mol. The predicted molar refractivity (Wildman–Crippen MR) is 63.3 cm³/mol. The summed E-state index contributed by atoms with van der Waals surface area (Å²) in [5.74, 6) is 0.00184. The lowest BCUT2D eigenvalue weighted by atomic mass is 9.94. The average Bonchev–Trinajstić information content (AvgIpc) is 2.27. The van der Waals surface area contributed by atoms with E-state index in [2.05, 4.69) is 22.8 Å². The lowest BCUT2D eigenvalue weighted by Gasteiger charge is -2.18. The van der Waals surface area contributed by atoms with Crippen LogP contribution in [0.2, 0.25) is 0 Å². The summed E-state index contributed by atoms with van der Waals surface area (Å²) in [6, 6.07) is -0.466. The molecule has 2 unspecified atom stereocenters. The first-order chi connectivity index (χ1) is 7.59. The van der Waals surface area contributed by atoms with E-state index in [4.69, 9.17) is 11.6 Å². The number of hydrogen-bond acceptors (Lipinski definition) is 2. The molecule has 0 bridgehead atoms.